The summed E-state index contributed by atoms with van der Waals surface area (Å²) in [5.74, 6) is 2.07. The van der Waals surface area contributed by atoms with Crippen molar-refractivity contribution in [1.82, 2.24) is 0 Å². The van der Waals surface area contributed by atoms with E-state index in [4.69, 9.17) is 0 Å². The van der Waals surface area contributed by atoms with Crippen LogP contribution in [0.2, 0.25) is 0 Å². The molecule has 0 aliphatic heterocycles. The second-order valence-electron chi connectivity index (χ2n) is 16.7. The van der Waals surface area contributed by atoms with Crippen molar-refractivity contribution < 1.29 is 32.8 Å². The predicted octanol–water partition coefficient (Wildman–Crippen LogP) is 10.9. The Morgan fingerprint density at radius 2 is 1.22 bits per heavy atom. The molecule has 0 radical (unpaired) electrons. The molecule has 0 bridgehead atoms. The van der Waals surface area contributed by atoms with Gasteiger partial charge in [-0.05, 0) is 76.9 Å². The average molecular weight is 789 g/mol. The van der Waals surface area contributed by atoms with Crippen molar-refractivity contribution in [2.75, 3.05) is 0 Å². The molecule has 0 saturated heterocycles. The van der Waals surface area contributed by atoms with Gasteiger partial charge in [0.25, 0.3) is 0 Å². The molecular weight excluding hydrogens is 725 g/mol. The number of hydrogen-bond donors (Lipinski definition) is 0. The molecule has 0 aromatic heterocycles. The van der Waals surface area contributed by atoms with Gasteiger partial charge in [-0.15, -0.1) is 22.5 Å². The first-order valence-corrected chi connectivity index (χ1v) is 20.6. The molecule has 3 aliphatic rings. The summed E-state index contributed by atoms with van der Waals surface area (Å²) in [6.45, 7) is 21.1. The van der Waals surface area contributed by atoms with Crippen molar-refractivity contribution in [1.29, 1.82) is 0 Å². The van der Waals surface area contributed by atoms with Crippen LogP contribution in [0.15, 0.2) is 54.6 Å². The third kappa shape index (κ3) is 10.2. The Labute approximate surface area is 322 Å². The van der Waals surface area contributed by atoms with Gasteiger partial charge < -0.3 is 12.4 Å². The fourth-order valence-electron chi connectivity index (χ4n) is 8.38. The van der Waals surface area contributed by atoms with Crippen molar-refractivity contribution in [3.8, 4) is 11.1 Å². The van der Waals surface area contributed by atoms with E-state index in [9.17, 15) is 0 Å². The summed E-state index contributed by atoms with van der Waals surface area (Å²) in [7, 11) is -0.175. The van der Waals surface area contributed by atoms with E-state index in [0.717, 1.165) is 11.3 Å². The maximum atomic E-state index is 3.93. The zero-order chi connectivity index (χ0) is 33.7. The van der Waals surface area contributed by atoms with Crippen LogP contribution in [-0.4, -0.2) is 11.3 Å². The summed E-state index contributed by atoms with van der Waals surface area (Å²) in [5, 5.41) is 1.62. The van der Waals surface area contributed by atoms with Crippen LogP contribution in [0, 0.1) is 17.6 Å². The van der Waals surface area contributed by atoms with Gasteiger partial charge in [0.1, 0.15) is 0 Å². The number of halogens is 1. The first-order valence-electron chi connectivity index (χ1n) is 19.1. The molecule has 3 heteroatoms. The predicted molar refractivity (Wildman–Crippen MR) is 210 cm³/mol. The molecule has 0 N–H and O–H groups in total. The van der Waals surface area contributed by atoms with Crippen LogP contribution in [0.1, 0.15) is 178 Å². The maximum absolute atomic E-state index is 3.93. The van der Waals surface area contributed by atoms with Crippen LogP contribution < -0.4 is 17.7 Å². The van der Waals surface area contributed by atoms with E-state index in [1.165, 1.54) is 86.5 Å². The van der Waals surface area contributed by atoms with Crippen molar-refractivity contribution in [2.24, 2.45) is 5.41 Å². The SMILES string of the molecule is CC(C)(C)C1[C-]=Cc2ccccc21.CC(C)c1cc(C(C)C)c(-c2ccc[c-]c2P(C2CCCCC2)C2CCCCC2)c(C(C)C)c1.[Cl-].[Pd]. The molecular formula is C46H63ClPPd-3. The van der Waals surface area contributed by atoms with Crippen LogP contribution in [0.4, 0.5) is 0 Å². The Hall–Kier alpha value is -1.22. The molecule has 1 atom stereocenters. The van der Waals surface area contributed by atoms with Crippen molar-refractivity contribution in [3.05, 3.63) is 94.6 Å². The fourth-order valence-corrected chi connectivity index (χ4v) is 12.2. The quantitative estimate of drug-likeness (QED) is 0.127. The van der Waals surface area contributed by atoms with Gasteiger partial charge in [-0.25, -0.2) is 6.08 Å². The Kier molecular flexibility index (Phi) is 16.4. The molecule has 0 spiro atoms. The van der Waals surface area contributed by atoms with Crippen LogP contribution in [0.3, 0.4) is 0 Å². The number of allylic oxidation sites excluding steroid dienone is 1. The molecule has 3 aromatic carbocycles. The topological polar surface area (TPSA) is 0 Å². The van der Waals surface area contributed by atoms with E-state index in [1.807, 2.05) is 0 Å². The second kappa shape index (κ2) is 19.0. The molecule has 2 saturated carbocycles. The molecule has 49 heavy (non-hydrogen) atoms. The fraction of sp³-hybridized carbons (Fsp3) is 0.565. The molecule has 0 heterocycles. The molecule has 2 fully saturated rings. The van der Waals surface area contributed by atoms with E-state index < -0.39 is 0 Å². The number of rotatable bonds is 7. The standard InChI is InChI=1S/C33H48P.C13H15.ClH.Pd/c1-23(2)26-21-30(24(3)4)33(31(22-26)25(5)6)29-19-13-14-20-32(29)34(27-15-9-7-10-16-27)28-17-11-8-12-18-28;1-13(2,3)12-9-8-10-6-4-5-7-11(10)12;;/h13-14,19,21-25,27-28H,7-12,15-18H2,1-6H3;4-8,12H,1-3H3;1H;/q2*-1;;/p-1. The van der Waals surface area contributed by atoms with Crippen LogP contribution in [0.5, 0.6) is 0 Å². The Morgan fingerprint density at radius 1 is 0.694 bits per heavy atom. The van der Waals surface area contributed by atoms with E-state index >= 15 is 0 Å². The Balaban J connectivity index is 0.000000364. The minimum atomic E-state index is -0.175. The van der Waals surface area contributed by atoms with Gasteiger partial charge >= 0.3 is 0 Å². The van der Waals surface area contributed by atoms with Gasteiger partial charge in [0.05, 0.1) is 0 Å². The summed E-state index contributed by atoms with van der Waals surface area (Å²) in [5.41, 5.74) is 12.6. The van der Waals surface area contributed by atoms with Crippen molar-refractivity contribution in [3.63, 3.8) is 0 Å². The van der Waals surface area contributed by atoms with E-state index in [1.54, 1.807) is 22.0 Å². The number of hydrogen-bond acceptors (Lipinski definition) is 0. The van der Waals surface area contributed by atoms with Crippen molar-refractivity contribution >= 4 is 19.3 Å². The molecule has 3 aliphatic carbocycles. The minimum absolute atomic E-state index is 0. The van der Waals surface area contributed by atoms with Crippen LogP contribution in [-0.2, 0) is 20.4 Å². The monoisotopic (exact) mass is 787 g/mol. The molecule has 0 amide bonds. The van der Waals surface area contributed by atoms with E-state index in [2.05, 4.69) is 135 Å². The smallest absolute Gasteiger partial charge is 0 e. The van der Waals surface area contributed by atoms with Crippen molar-refractivity contribution in [2.45, 2.75) is 162 Å². The number of benzene rings is 3. The minimum Gasteiger partial charge on any atom is -1.00 e. The van der Waals surface area contributed by atoms with Crippen LogP contribution >= 0.6 is 7.92 Å². The van der Waals surface area contributed by atoms with Gasteiger partial charge in [-0.2, -0.15) is 29.8 Å². The number of fused-ring (bicyclic) bond motifs is 1. The first kappa shape index (κ1) is 42.2. The van der Waals surface area contributed by atoms with E-state index in [-0.39, 0.29) is 46.2 Å². The Bertz CT molecular complexity index is 1440. The third-order valence-corrected chi connectivity index (χ3v) is 14.5. The molecule has 272 valence electrons. The molecule has 0 nitrogen and oxygen atoms in total. The molecule has 6 rings (SSSR count). The summed E-state index contributed by atoms with van der Waals surface area (Å²) < 4.78 is 0. The summed E-state index contributed by atoms with van der Waals surface area (Å²) in [6, 6.07) is 24.5. The third-order valence-electron chi connectivity index (χ3n) is 11.0. The second-order valence-corrected chi connectivity index (χ2v) is 19.4. The van der Waals surface area contributed by atoms with Gasteiger partial charge in [0.2, 0.25) is 0 Å². The summed E-state index contributed by atoms with van der Waals surface area (Å²) in [4.78, 5) is 0. The molecule has 3 aromatic rings. The summed E-state index contributed by atoms with van der Waals surface area (Å²) in [6.07, 6.45) is 20.0. The Morgan fingerprint density at radius 3 is 1.71 bits per heavy atom. The van der Waals surface area contributed by atoms with E-state index in [0.29, 0.717) is 23.7 Å². The maximum Gasteiger partial charge on any atom is 0 e. The zero-order valence-corrected chi connectivity index (χ0v) is 35.2. The van der Waals surface area contributed by atoms with Gasteiger partial charge in [0, 0.05) is 20.4 Å². The van der Waals surface area contributed by atoms with Gasteiger partial charge in [-0.3, -0.25) is 6.08 Å². The van der Waals surface area contributed by atoms with Crippen LogP contribution in [0.25, 0.3) is 17.2 Å². The first-order chi connectivity index (χ1) is 22.5. The zero-order valence-electron chi connectivity index (χ0n) is 32.0. The average Bonchev–Trinajstić information content (AvgIpc) is 3.51. The normalized spacial score (nSPS) is 18.3. The molecule has 1 unspecified atom stereocenters. The van der Waals surface area contributed by atoms with Gasteiger partial charge in [0.15, 0.2) is 0 Å². The summed E-state index contributed by atoms with van der Waals surface area (Å²) >= 11 is 0. The van der Waals surface area contributed by atoms with Gasteiger partial charge in [-0.1, -0.05) is 151 Å². The largest absolute Gasteiger partial charge is 1.00 e.